The van der Waals surface area contributed by atoms with E-state index in [1.54, 1.807) is 0 Å². The first-order valence-corrected chi connectivity index (χ1v) is 6.60. The van der Waals surface area contributed by atoms with Gasteiger partial charge in [0.25, 0.3) is 0 Å². The molecule has 0 aliphatic heterocycles. The van der Waals surface area contributed by atoms with Crippen LogP contribution in [0.1, 0.15) is 0 Å². The smallest absolute Gasteiger partial charge is 0.319 e. The van der Waals surface area contributed by atoms with Crippen LogP contribution in [0.4, 0.5) is 17.6 Å². The Balaban J connectivity index is 2.31. The fourth-order valence-electron chi connectivity index (χ4n) is 1.30. The highest BCUT2D eigenvalue weighted by Crippen LogP contribution is 2.26. The molecular weight excluding hydrogens is 337 g/mol. The molecule has 0 saturated carbocycles. The molecule has 0 saturated heterocycles. The van der Waals surface area contributed by atoms with E-state index in [0.717, 1.165) is 0 Å². The van der Waals surface area contributed by atoms with E-state index in [9.17, 15) is 22.7 Å². The number of hydrogen-bond acceptors (Lipinski definition) is 3. The third-order valence-corrected chi connectivity index (χ3v) is 3.13. The van der Waals surface area contributed by atoms with Crippen molar-refractivity contribution in [3.8, 4) is 5.75 Å². The summed E-state index contributed by atoms with van der Waals surface area (Å²) < 4.78 is 54.1. The van der Waals surface area contributed by atoms with Gasteiger partial charge in [-0.2, -0.15) is 8.78 Å². The van der Waals surface area contributed by atoms with Gasteiger partial charge < -0.3 is 15.2 Å². The number of rotatable bonds is 8. The van der Waals surface area contributed by atoms with Gasteiger partial charge in [-0.3, -0.25) is 0 Å². The average Bonchev–Trinajstić information content (AvgIpc) is 2.39. The number of halogens is 6. The molecule has 0 radical (unpaired) electrons. The summed E-state index contributed by atoms with van der Waals surface area (Å²) in [5, 5.41) is 12.1. The van der Waals surface area contributed by atoms with Crippen LogP contribution in [0, 0.1) is 0 Å². The minimum atomic E-state index is -4.13. The van der Waals surface area contributed by atoms with Gasteiger partial charge in [0.15, 0.2) is 0 Å². The molecule has 1 rings (SSSR count). The summed E-state index contributed by atoms with van der Waals surface area (Å²) in [5.74, 6) is -3.80. The molecule has 0 fully saturated rings. The fourth-order valence-corrected chi connectivity index (χ4v) is 1.59. The molecule has 1 atom stereocenters. The van der Waals surface area contributed by atoms with Crippen molar-refractivity contribution in [1.82, 2.24) is 5.32 Å². The summed E-state index contributed by atoms with van der Waals surface area (Å²) in [7, 11) is 0. The Kier molecular flexibility index (Phi) is 6.99. The third-order valence-electron chi connectivity index (χ3n) is 2.39. The molecule has 0 spiro atoms. The minimum Gasteiger partial charge on any atom is -0.491 e. The van der Waals surface area contributed by atoms with Crippen LogP contribution in [0.3, 0.4) is 0 Å². The van der Waals surface area contributed by atoms with Crippen molar-refractivity contribution in [2.75, 3.05) is 19.7 Å². The molecule has 1 unspecified atom stereocenters. The van der Waals surface area contributed by atoms with E-state index in [1.165, 1.54) is 18.2 Å². The number of aliphatic hydroxyl groups is 1. The van der Waals surface area contributed by atoms with Gasteiger partial charge in [-0.05, 0) is 12.1 Å². The number of hydrogen-bond donors (Lipinski definition) is 2. The van der Waals surface area contributed by atoms with Crippen LogP contribution in [0.25, 0.3) is 0 Å². The molecule has 0 amide bonds. The number of benzene rings is 1. The largest absolute Gasteiger partial charge is 0.491 e. The molecule has 9 heteroatoms. The number of aliphatic hydroxyl groups excluding tert-OH is 1. The zero-order chi connectivity index (χ0) is 16.0. The van der Waals surface area contributed by atoms with E-state index < -0.39 is 25.0 Å². The first kappa shape index (κ1) is 18.3. The van der Waals surface area contributed by atoms with Crippen LogP contribution in [-0.4, -0.2) is 43.3 Å². The summed E-state index contributed by atoms with van der Waals surface area (Å²) in [5.41, 5.74) is 0. The van der Waals surface area contributed by atoms with E-state index >= 15 is 0 Å². The van der Waals surface area contributed by atoms with E-state index in [2.05, 4.69) is 5.32 Å². The monoisotopic (exact) mass is 349 g/mol. The number of ether oxygens (including phenoxy) is 1. The van der Waals surface area contributed by atoms with E-state index in [-0.39, 0.29) is 18.2 Å². The second-order valence-corrected chi connectivity index (χ2v) is 5.05. The molecule has 21 heavy (non-hydrogen) atoms. The Hall–Kier alpha value is -0.760. The van der Waals surface area contributed by atoms with Crippen molar-refractivity contribution >= 4 is 23.2 Å². The van der Waals surface area contributed by atoms with Crippen molar-refractivity contribution in [1.29, 1.82) is 0 Å². The van der Waals surface area contributed by atoms with Crippen LogP contribution < -0.4 is 10.1 Å². The minimum absolute atomic E-state index is 0.217. The summed E-state index contributed by atoms with van der Waals surface area (Å²) in [6, 6.07) is 4.43. The van der Waals surface area contributed by atoms with Crippen LogP contribution in [0.15, 0.2) is 18.2 Å². The van der Waals surface area contributed by atoms with E-state index in [4.69, 9.17) is 27.9 Å². The maximum atomic E-state index is 12.6. The van der Waals surface area contributed by atoms with Gasteiger partial charge >= 0.3 is 12.3 Å². The van der Waals surface area contributed by atoms with Crippen molar-refractivity contribution < 1.29 is 27.4 Å². The first-order chi connectivity index (χ1) is 9.72. The Bertz CT molecular complexity index is 463. The molecule has 120 valence electrons. The molecule has 1 aromatic rings. The van der Waals surface area contributed by atoms with Gasteiger partial charge in [-0.25, -0.2) is 8.78 Å². The highest BCUT2D eigenvalue weighted by molar-refractivity contribution is 6.42. The SMILES string of the molecule is OC(CNCC(F)(F)C(F)F)COc1ccc(Cl)c(Cl)c1. The topological polar surface area (TPSA) is 41.5 Å². The lowest BCUT2D eigenvalue weighted by molar-refractivity contribution is -0.125. The maximum absolute atomic E-state index is 12.6. The van der Waals surface area contributed by atoms with Gasteiger partial charge in [-0.15, -0.1) is 0 Å². The quantitative estimate of drug-likeness (QED) is 0.708. The number of nitrogens with one attached hydrogen (secondary N) is 1. The Morgan fingerprint density at radius 1 is 1.24 bits per heavy atom. The lowest BCUT2D eigenvalue weighted by Gasteiger charge is -2.18. The highest BCUT2D eigenvalue weighted by atomic mass is 35.5. The van der Waals surface area contributed by atoms with Crippen LogP contribution in [-0.2, 0) is 0 Å². The maximum Gasteiger partial charge on any atom is 0.319 e. The summed E-state index contributed by atoms with van der Waals surface area (Å²) >= 11 is 11.5. The molecule has 0 aromatic heterocycles. The zero-order valence-electron chi connectivity index (χ0n) is 10.6. The van der Waals surface area contributed by atoms with Crippen molar-refractivity contribution in [3.63, 3.8) is 0 Å². The molecule has 0 aliphatic rings. The third kappa shape index (κ3) is 6.25. The van der Waals surface area contributed by atoms with Gasteiger partial charge in [-0.1, -0.05) is 23.2 Å². The molecular formula is C12H13Cl2F4NO2. The second-order valence-electron chi connectivity index (χ2n) is 4.23. The van der Waals surface area contributed by atoms with Gasteiger partial charge in [0.05, 0.1) is 16.6 Å². The Morgan fingerprint density at radius 2 is 1.90 bits per heavy atom. The molecule has 1 aromatic carbocycles. The lowest BCUT2D eigenvalue weighted by atomic mass is 10.3. The zero-order valence-corrected chi connectivity index (χ0v) is 12.1. The summed E-state index contributed by atoms with van der Waals surface area (Å²) in [6.45, 7) is -1.76. The van der Waals surface area contributed by atoms with E-state index in [0.29, 0.717) is 10.8 Å². The second kappa shape index (κ2) is 8.03. The Morgan fingerprint density at radius 3 is 2.48 bits per heavy atom. The average molecular weight is 350 g/mol. The van der Waals surface area contributed by atoms with E-state index in [1.807, 2.05) is 0 Å². The van der Waals surface area contributed by atoms with Crippen LogP contribution in [0.5, 0.6) is 5.75 Å². The van der Waals surface area contributed by atoms with Crippen molar-refractivity contribution in [3.05, 3.63) is 28.2 Å². The summed E-state index contributed by atoms with van der Waals surface area (Å²) in [4.78, 5) is 0. The van der Waals surface area contributed by atoms with Crippen molar-refractivity contribution in [2.24, 2.45) is 0 Å². The highest BCUT2D eigenvalue weighted by Gasteiger charge is 2.40. The molecule has 3 nitrogen and oxygen atoms in total. The fraction of sp³-hybridized carbons (Fsp3) is 0.500. The van der Waals surface area contributed by atoms with Crippen LogP contribution in [0.2, 0.25) is 10.0 Å². The normalized spacial score (nSPS) is 13.5. The predicted molar refractivity (Wildman–Crippen MR) is 71.8 cm³/mol. The molecule has 0 bridgehead atoms. The van der Waals surface area contributed by atoms with Gasteiger partial charge in [0.1, 0.15) is 18.5 Å². The summed E-state index contributed by atoms with van der Waals surface area (Å²) in [6.07, 6.45) is -4.90. The Labute approximate surface area is 128 Å². The van der Waals surface area contributed by atoms with Crippen molar-refractivity contribution in [2.45, 2.75) is 18.5 Å². The first-order valence-electron chi connectivity index (χ1n) is 5.85. The van der Waals surface area contributed by atoms with Gasteiger partial charge in [0.2, 0.25) is 0 Å². The van der Waals surface area contributed by atoms with Gasteiger partial charge in [0, 0.05) is 12.6 Å². The predicted octanol–water partition coefficient (Wildman–Crippen LogP) is 3.22. The molecule has 2 N–H and O–H groups in total. The van der Waals surface area contributed by atoms with Crippen LogP contribution >= 0.6 is 23.2 Å². The molecule has 0 aliphatic carbocycles. The molecule has 0 heterocycles. The number of alkyl halides is 4. The standard InChI is InChI=1S/C12H13Cl2F4NO2/c13-9-2-1-8(3-10(9)14)21-5-7(20)4-19-6-12(17,18)11(15)16/h1-3,7,11,19-20H,4-6H2. The lowest BCUT2D eigenvalue weighted by Crippen LogP contribution is -2.42.